The fourth-order valence-electron chi connectivity index (χ4n) is 2.83. The third-order valence-corrected chi connectivity index (χ3v) is 4.02. The van der Waals surface area contributed by atoms with Crippen LogP contribution < -0.4 is 4.90 Å². The van der Waals surface area contributed by atoms with Gasteiger partial charge in [0.05, 0.1) is 0 Å². The van der Waals surface area contributed by atoms with Gasteiger partial charge >= 0.3 is 6.09 Å². The summed E-state index contributed by atoms with van der Waals surface area (Å²) in [5.41, 5.74) is 0.131. The molecule has 1 aromatic rings. The lowest BCUT2D eigenvalue weighted by molar-refractivity contribution is -0.112. The lowest BCUT2D eigenvalue weighted by atomic mass is 10.1. The summed E-state index contributed by atoms with van der Waals surface area (Å²) in [5, 5.41) is 0. The fourth-order valence-corrected chi connectivity index (χ4v) is 2.83. The Bertz CT molecular complexity index is 577. The summed E-state index contributed by atoms with van der Waals surface area (Å²) in [4.78, 5) is 32.1. The molecule has 6 heteroatoms. The van der Waals surface area contributed by atoms with E-state index >= 15 is 0 Å². The van der Waals surface area contributed by atoms with Crippen molar-refractivity contribution < 1.29 is 14.3 Å². The summed E-state index contributed by atoms with van der Waals surface area (Å²) < 4.78 is 5.38. The lowest BCUT2D eigenvalue weighted by Crippen LogP contribution is -2.38. The Balaban J connectivity index is 2.27. The molecule has 1 aromatic heterocycles. The van der Waals surface area contributed by atoms with E-state index in [1.165, 1.54) is 11.3 Å². The number of hydrogen-bond donors (Lipinski definition) is 0. The van der Waals surface area contributed by atoms with Crippen molar-refractivity contribution in [3.8, 4) is 0 Å². The van der Waals surface area contributed by atoms with Crippen LogP contribution in [0.4, 0.5) is 10.6 Å². The van der Waals surface area contributed by atoms with Gasteiger partial charge in [0.1, 0.15) is 23.7 Å². The van der Waals surface area contributed by atoms with Crippen molar-refractivity contribution in [1.82, 2.24) is 9.88 Å². The zero-order valence-electron chi connectivity index (χ0n) is 15.0. The number of ether oxygens (including phenoxy) is 1. The standard InChI is InChI=1S/C18H27N3O3/c1-18(2,3)24-17(23)20(4)15(13-22)14-9-8-10-19-16(14)21-11-6-5-7-12-21/h8-10,13,15H,5-7,11-12H2,1-4H3. The van der Waals surface area contributed by atoms with Crippen molar-refractivity contribution in [1.29, 1.82) is 0 Å². The third kappa shape index (κ3) is 4.46. The van der Waals surface area contributed by atoms with Crippen LogP contribution >= 0.6 is 0 Å². The number of piperidine rings is 1. The van der Waals surface area contributed by atoms with Gasteiger partial charge in [-0.3, -0.25) is 4.90 Å². The lowest BCUT2D eigenvalue weighted by Gasteiger charge is -2.33. The Morgan fingerprint density at radius 2 is 2.00 bits per heavy atom. The molecule has 0 N–H and O–H groups in total. The van der Waals surface area contributed by atoms with Crippen molar-refractivity contribution in [3.05, 3.63) is 23.9 Å². The highest BCUT2D eigenvalue weighted by molar-refractivity contribution is 5.76. The van der Waals surface area contributed by atoms with E-state index in [9.17, 15) is 9.59 Å². The first-order valence-corrected chi connectivity index (χ1v) is 8.44. The molecule has 2 rings (SSSR count). The molecule has 1 aliphatic heterocycles. The van der Waals surface area contributed by atoms with E-state index in [2.05, 4.69) is 9.88 Å². The smallest absolute Gasteiger partial charge is 0.410 e. The van der Waals surface area contributed by atoms with Crippen LogP contribution in [0.2, 0.25) is 0 Å². The molecule has 1 unspecified atom stereocenters. The SMILES string of the molecule is CN(C(=O)OC(C)(C)C)C(C=O)c1cccnc1N1CCCCC1. The van der Waals surface area contributed by atoms with Gasteiger partial charge in [0.15, 0.2) is 0 Å². The van der Waals surface area contributed by atoms with Crippen molar-refractivity contribution in [2.45, 2.75) is 51.7 Å². The third-order valence-electron chi connectivity index (χ3n) is 4.02. The van der Waals surface area contributed by atoms with E-state index in [1.54, 1.807) is 40.1 Å². The summed E-state index contributed by atoms with van der Waals surface area (Å²) in [5.74, 6) is 0.782. The molecule has 1 aliphatic rings. The normalized spacial score (nSPS) is 16.4. The first kappa shape index (κ1) is 18.2. The molecule has 0 radical (unpaired) electrons. The van der Waals surface area contributed by atoms with Gasteiger partial charge in [-0.15, -0.1) is 0 Å². The number of hydrogen-bond acceptors (Lipinski definition) is 5. The van der Waals surface area contributed by atoms with Crippen LogP contribution in [0.25, 0.3) is 0 Å². The van der Waals surface area contributed by atoms with E-state index in [1.807, 2.05) is 6.07 Å². The first-order valence-electron chi connectivity index (χ1n) is 8.44. The Morgan fingerprint density at radius 3 is 2.58 bits per heavy atom. The molecule has 2 heterocycles. The Morgan fingerprint density at radius 1 is 1.33 bits per heavy atom. The predicted octanol–water partition coefficient (Wildman–Crippen LogP) is 3.18. The molecule has 0 saturated carbocycles. The molecule has 0 aromatic carbocycles. The zero-order valence-corrected chi connectivity index (χ0v) is 15.0. The van der Waals surface area contributed by atoms with E-state index < -0.39 is 17.7 Å². The molecule has 1 fully saturated rings. The molecular weight excluding hydrogens is 306 g/mol. The predicted molar refractivity (Wildman–Crippen MR) is 93.1 cm³/mol. The minimum Gasteiger partial charge on any atom is -0.444 e. The quantitative estimate of drug-likeness (QED) is 0.792. The number of amides is 1. The van der Waals surface area contributed by atoms with Gasteiger partial charge in [0.25, 0.3) is 0 Å². The summed E-state index contributed by atoms with van der Waals surface area (Å²) in [7, 11) is 1.58. The van der Waals surface area contributed by atoms with E-state index in [4.69, 9.17) is 4.74 Å². The highest BCUT2D eigenvalue weighted by Crippen LogP contribution is 2.29. The second-order valence-electron chi connectivity index (χ2n) is 7.14. The molecule has 24 heavy (non-hydrogen) atoms. The average molecular weight is 333 g/mol. The van der Waals surface area contributed by atoms with Crippen LogP contribution in [0.5, 0.6) is 0 Å². The molecule has 0 spiro atoms. The zero-order chi connectivity index (χ0) is 17.7. The maximum absolute atomic E-state index is 12.3. The molecule has 6 nitrogen and oxygen atoms in total. The molecule has 1 amide bonds. The van der Waals surface area contributed by atoms with Gasteiger partial charge in [-0.05, 0) is 46.1 Å². The van der Waals surface area contributed by atoms with E-state index in [0.29, 0.717) is 0 Å². The van der Waals surface area contributed by atoms with Crippen LogP contribution in [0.1, 0.15) is 51.6 Å². The number of likely N-dealkylation sites (N-methyl/N-ethyl adjacent to an activating group) is 1. The van der Waals surface area contributed by atoms with Gasteiger partial charge in [-0.25, -0.2) is 9.78 Å². The Labute approximate surface area is 143 Å². The van der Waals surface area contributed by atoms with Crippen molar-refractivity contribution in [3.63, 3.8) is 0 Å². The molecule has 1 saturated heterocycles. The van der Waals surface area contributed by atoms with Crippen molar-refractivity contribution in [2.75, 3.05) is 25.0 Å². The number of anilines is 1. The van der Waals surface area contributed by atoms with Crippen LogP contribution in [0.15, 0.2) is 18.3 Å². The van der Waals surface area contributed by atoms with Gasteiger partial charge in [0, 0.05) is 31.9 Å². The fraction of sp³-hybridized carbons (Fsp3) is 0.611. The number of aromatic nitrogens is 1. The first-order chi connectivity index (χ1) is 11.3. The summed E-state index contributed by atoms with van der Waals surface area (Å²) in [6.45, 7) is 7.26. The van der Waals surface area contributed by atoms with Gasteiger partial charge < -0.3 is 14.4 Å². The minimum atomic E-state index is -0.717. The molecule has 132 valence electrons. The maximum atomic E-state index is 12.3. The largest absolute Gasteiger partial charge is 0.444 e. The number of carbonyl (C=O) groups is 2. The molecular formula is C18H27N3O3. The number of pyridine rings is 1. The Hall–Kier alpha value is -2.11. The van der Waals surface area contributed by atoms with E-state index in [-0.39, 0.29) is 0 Å². The van der Waals surface area contributed by atoms with Crippen molar-refractivity contribution >= 4 is 18.2 Å². The second-order valence-corrected chi connectivity index (χ2v) is 7.14. The second kappa shape index (κ2) is 7.64. The summed E-state index contributed by atoms with van der Waals surface area (Å²) in [6.07, 6.45) is 5.42. The number of rotatable bonds is 4. The maximum Gasteiger partial charge on any atom is 0.410 e. The highest BCUT2D eigenvalue weighted by Gasteiger charge is 2.29. The molecule has 0 bridgehead atoms. The van der Waals surface area contributed by atoms with Crippen molar-refractivity contribution in [2.24, 2.45) is 0 Å². The van der Waals surface area contributed by atoms with Gasteiger partial charge in [-0.1, -0.05) is 6.07 Å². The summed E-state index contributed by atoms with van der Waals surface area (Å²) in [6, 6.07) is 2.93. The van der Waals surface area contributed by atoms with Gasteiger partial charge in [-0.2, -0.15) is 0 Å². The number of carbonyl (C=O) groups excluding carboxylic acids is 2. The summed E-state index contributed by atoms with van der Waals surface area (Å²) >= 11 is 0. The van der Waals surface area contributed by atoms with Crippen LogP contribution in [-0.4, -0.2) is 48.0 Å². The molecule has 0 aliphatic carbocycles. The van der Waals surface area contributed by atoms with Crippen LogP contribution in [-0.2, 0) is 9.53 Å². The minimum absolute atomic E-state index is 0.520. The Kier molecular flexibility index (Phi) is 5.80. The monoisotopic (exact) mass is 333 g/mol. The molecule has 1 atom stereocenters. The topological polar surface area (TPSA) is 62.7 Å². The van der Waals surface area contributed by atoms with Crippen LogP contribution in [0.3, 0.4) is 0 Å². The van der Waals surface area contributed by atoms with E-state index in [0.717, 1.165) is 43.6 Å². The van der Waals surface area contributed by atoms with Gasteiger partial charge in [0.2, 0.25) is 0 Å². The number of aldehydes is 1. The average Bonchev–Trinajstić information content (AvgIpc) is 2.55. The van der Waals surface area contributed by atoms with Crippen LogP contribution in [0, 0.1) is 0 Å². The number of nitrogens with zero attached hydrogens (tertiary/aromatic N) is 3. The highest BCUT2D eigenvalue weighted by atomic mass is 16.6.